The molecule has 2 heteroatoms. The molecule has 1 heterocycles. The predicted molar refractivity (Wildman–Crippen MR) is 68.6 cm³/mol. The lowest BCUT2D eigenvalue weighted by Crippen LogP contribution is -1.80. The minimum Gasteiger partial charge on any atom is -0.263 e. The van der Waals surface area contributed by atoms with Gasteiger partial charge in [0.2, 0.25) is 0 Å². The first-order chi connectivity index (χ1) is 7.34. The van der Waals surface area contributed by atoms with E-state index >= 15 is 0 Å². The van der Waals surface area contributed by atoms with Crippen LogP contribution in [0.4, 0.5) is 0 Å². The molecule has 0 amide bonds. The number of aryl methyl sites for hydroxylation is 1. The van der Waals surface area contributed by atoms with Crippen LogP contribution >= 0.6 is 12.4 Å². The molecular weight excluding hydrogens is 218 g/mol. The number of pyridine rings is 1. The number of halogens is 1. The molecule has 0 aliphatic rings. The zero-order valence-electron chi connectivity index (χ0n) is 8.97. The molecule has 0 saturated carbocycles. The zero-order chi connectivity index (χ0) is 10.5. The molecule has 0 aliphatic carbocycles. The summed E-state index contributed by atoms with van der Waals surface area (Å²) in [5.74, 6) is 6.19. The highest BCUT2D eigenvalue weighted by Gasteiger charge is 1.88. The van der Waals surface area contributed by atoms with Gasteiger partial charge in [0.15, 0.2) is 0 Å². The van der Waals surface area contributed by atoms with Gasteiger partial charge in [-0.25, -0.2) is 0 Å². The zero-order valence-corrected chi connectivity index (χ0v) is 9.79. The minimum absolute atomic E-state index is 0. The third-order valence-corrected chi connectivity index (χ3v) is 2.00. The standard InChI is InChI=1S/C14H11N.ClH/c1-12-9-14(11-15-10-12)8-7-13-5-3-2-4-6-13;/h2-6,9-11H,1H3;1H. The first-order valence-corrected chi connectivity index (χ1v) is 4.83. The molecule has 0 radical (unpaired) electrons. The van der Waals surface area contributed by atoms with Crippen molar-refractivity contribution in [2.24, 2.45) is 0 Å². The highest BCUT2D eigenvalue weighted by molar-refractivity contribution is 5.85. The largest absolute Gasteiger partial charge is 0.263 e. The van der Waals surface area contributed by atoms with Crippen molar-refractivity contribution < 1.29 is 0 Å². The second-order valence-electron chi connectivity index (χ2n) is 3.37. The Labute approximate surface area is 102 Å². The molecule has 0 spiro atoms. The van der Waals surface area contributed by atoms with Crippen LogP contribution in [0.5, 0.6) is 0 Å². The van der Waals surface area contributed by atoms with Crippen LogP contribution in [0.15, 0.2) is 48.8 Å². The van der Waals surface area contributed by atoms with Crippen molar-refractivity contribution in [3.05, 3.63) is 65.5 Å². The van der Waals surface area contributed by atoms with Gasteiger partial charge in [-0.05, 0) is 30.7 Å². The number of rotatable bonds is 0. The Bertz CT molecular complexity index is 509. The van der Waals surface area contributed by atoms with E-state index in [1.54, 1.807) is 6.20 Å². The van der Waals surface area contributed by atoms with Crippen LogP contribution in [0, 0.1) is 18.8 Å². The summed E-state index contributed by atoms with van der Waals surface area (Å²) in [6.45, 7) is 2.01. The summed E-state index contributed by atoms with van der Waals surface area (Å²) in [6.07, 6.45) is 3.61. The van der Waals surface area contributed by atoms with Crippen LogP contribution in [-0.4, -0.2) is 4.98 Å². The van der Waals surface area contributed by atoms with Crippen molar-refractivity contribution in [1.82, 2.24) is 4.98 Å². The lowest BCUT2D eigenvalue weighted by molar-refractivity contribution is 1.26. The number of aromatic nitrogens is 1. The maximum Gasteiger partial charge on any atom is 0.0435 e. The van der Waals surface area contributed by atoms with Crippen molar-refractivity contribution in [2.75, 3.05) is 0 Å². The highest BCUT2D eigenvalue weighted by atomic mass is 35.5. The lowest BCUT2D eigenvalue weighted by atomic mass is 10.2. The minimum atomic E-state index is 0. The summed E-state index contributed by atoms with van der Waals surface area (Å²) in [5, 5.41) is 0. The van der Waals surface area contributed by atoms with Crippen LogP contribution in [0.25, 0.3) is 0 Å². The monoisotopic (exact) mass is 229 g/mol. The quantitative estimate of drug-likeness (QED) is 0.633. The van der Waals surface area contributed by atoms with Gasteiger partial charge in [0.05, 0.1) is 0 Å². The van der Waals surface area contributed by atoms with E-state index in [2.05, 4.69) is 16.8 Å². The molecule has 2 rings (SSSR count). The molecule has 0 N–H and O–H groups in total. The Morgan fingerprint density at radius 1 is 0.938 bits per heavy atom. The summed E-state index contributed by atoms with van der Waals surface area (Å²) in [6, 6.07) is 12.0. The van der Waals surface area contributed by atoms with Gasteiger partial charge in [-0.2, -0.15) is 0 Å². The maximum atomic E-state index is 4.09. The fraction of sp³-hybridized carbons (Fsp3) is 0.0714. The smallest absolute Gasteiger partial charge is 0.0435 e. The Morgan fingerprint density at radius 3 is 2.31 bits per heavy atom. The molecular formula is C14H12ClN. The van der Waals surface area contributed by atoms with Crippen LogP contribution in [-0.2, 0) is 0 Å². The first-order valence-electron chi connectivity index (χ1n) is 4.83. The molecule has 2 aromatic rings. The molecule has 0 saturated heterocycles. The topological polar surface area (TPSA) is 12.9 Å². The summed E-state index contributed by atoms with van der Waals surface area (Å²) in [5.41, 5.74) is 3.12. The molecule has 80 valence electrons. The van der Waals surface area contributed by atoms with Gasteiger partial charge in [0, 0.05) is 23.5 Å². The van der Waals surface area contributed by atoms with Gasteiger partial charge in [-0.15, -0.1) is 12.4 Å². The van der Waals surface area contributed by atoms with Crippen LogP contribution in [0.3, 0.4) is 0 Å². The van der Waals surface area contributed by atoms with E-state index in [0.717, 1.165) is 16.7 Å². The summed E-state index contributed by atoms with van der Waals surface area (Å²) < 4.78 is 0. The number of benzene rings is 1. The molecule has 1 aromatic carbocycles. The summed E-state index contributed by atoms with van der Waals surface area (Å²) in [7, 11) is 0. The first kappa shape index (κ1) is 12.3. The second kappa shape index (κ2) is 5.95. The Hall–Kier alpha value is -1.78. The van der Waals surface area contributed by atoms with Crippen LogP contribution in [0.2, 0.25) is 0 Å². The highest BCUT2D eigenvalue weighted by Crippen LogP contribution is 2.00. The second-order valence-corrected chi connectivity index (χ2v) is 3.37. The fourth-order valence-electron chi connectivity index (χ4n) is 1.29. The molecule has 16 heavy (non-hydrogen) atoms. The van der Waals surface area contributed by atoms with Gasteiger partial charge in [-0.1, -0.05) is 30.0 Å². The summed E-state index contributed by atoms with van der Waals surface area (Å²) in [4.78, 5) is 4.09. The predicted octanol–water partition coefficient (Wildman–Crippen LogP) is 3.21. The molecule has 0 bridgehead atoms. The summed E-state index contributed by atoms with van der Waals surface area (Å²) >= 11 is 0. The van der Waals surface area contributed by atoms with Crippen LogP contribution in [0.1, 0.15) is 16.7 Å². The molecule has 1 nitrogen and oxygen atoms in total. The van der Waals surface area contributed by atoms with Crippen molar-refractivity contribution in [3.63, 3.8) is 0 Å². The van der Waals surface area contributed by atoms with E-state index in [-0.39, 0.29) is 12.4 Å². The van der Waals surface area contributed by atoms with E-state index in [9.17, 15) is 0 Å². The maximum absolute atomic E-state index is 4.09. The third kappa shape index (κ3) is 3.42. The van der Waals surface area contributed by atoms with Gasteiger partial charge < -0.3 is 0 Å². The van der Waals surface area contributed by atoms with Crippen molar-refractivity contribution >= 4 is 12.4 Å². The van der Waals surface area contributed by atoms with Gasteiger partial charge in [0.25, 0.3) is 0 Å². The van der Waals surface area contributed by atoms with Gasteiger partial charge >= 0.3 is 0 Å². The number of nitrogens with zero attached hydrogens (tertiary/aromatic N) is 1. The van der Waals surface area contributed by atoms with Crippen molar-refractivity contribution in [2.45, 2.75) is 6.92 Å². The Balaban J connectivity index is 0.00000128. The van der Waals surface area contributed by atoms with E-state index < -0.39 is 0 Å². The third-order valence-electron chi connectivity index (χ3n) is 2.00. The number of hydrogen-bond acceptors (Lipinski definition) is 1. The van der Waals surface area contributed by atoms with Gasteiger partial charge in [0.1, 0.15) is 0 Å². The average Bonchev–Trinajstić information content (AvgIpc) is 2.28. The lowest BCUT2D eigenvalue weighted by Gasteiger charge is -1.91. The normalized spacial score (nSPS) is 8.56. The molecule has 0 aliphatic heterocycles. The van der Waals surface area contributed by atoms with E-state index in [0.29, 0.717) is 0 Å². The van der Waals surface area contributed by atoms with E-state index in [1.807, 2.05) is 49.5 Å². The van der Waals surface area contributed by atoms with Crippen molar-refractivity contribution in [1.29, 1.82) is 0 Å². The van der Waals surface area contributed by atoms with E-state index in [1.165, 1.54) is 0 Å². The Morgan fingerprint density at radius 2 is 1.62 bits per heavy atom. The van der Waals surface area contributed by atoms with E-state index in [4.69, 9.17) is 0 Å². The molecule has 1 aromatic heterocycles. The molecule has 0 unspecified atom stereocenters. The van der Waals surface area contributed by atoms with Crippen molar-refractivity contribution in [3.8, 4) is 11.8 Å². The molecule has 0 fully saturated rings. The Kier molecular flexibility index (Phi) is 4.57. The van der Waals surface area contributed by atoms with Crippen LogP contribution < -0.4 is 0 Å². The molecule has 0 atom stereocenters. The number of hydrogen-bond donors (Lipinski definition) is 0. The average molecular weight is 230 g/mol. The van der Waals surface area contributed by atoms with Gasteiger partial charge in [-0.3, -0.25) is 4.98 Å². The fourth-order valence-corrected chi connectivity index (χ4v) is 1.29. The SMILES string of the molecule is Cc1cncc(C#Cc2ccccc2)c1.Cl.